The van der Waals surface area contributed by atoms with Gasteiger partial charge in [0.2, 0.25) is 0 Å². The number of aromatic amines is 1. The van der Waals surface area contributed by atoms with Crippen LogP contribution < -0.4 is 10.7 Å². The van der Waals surface area contributed by atoms with E-state index in [1.807, 2.05) is 0 Å². The van der Waals surface area contributed by atoms with Gasteiger partial charge in [-0.1, -0.05) is 34.8 Å². The molecule has 0 radical (unpaired) electrons. The number of benzene rings is 1. The molecule has 3 rings (SSSR count). The summed E-state index contributed by atoms with van der Waals surface area (Å²) in [5.74, 6) is -2.19. The average Bonchev–Trinajstić information content (AvgIpc) is 2.78. The van der Waals surface area contributed by atoms with E-state index in [2.05, 4.69) is 4.98 Å². The lowest BCUT2D eigenvalue weighted by atomic mass is 9.75. The number of halogens is 4. The number of hydrogen-bond acceptors (Lipinski definition) is 4. The topological polar surface area (TPSA) is 116 Å². The zero-order chi connectivity index (χ0) is 25.4. The van der Waals surface area contributed by atoms with E-state index >= 15 is 4.39 Å². The number of nitrogens with two attached hydrogens (primary N) is 1. The molecule has 7 nitrogen and oxygen atoms in total. The summed E-state index contributed by atoms with van der Waals surface area (Å²) < 4.78 is 26.5. The van der Waals surface area contributed by atoms with Crippen molar-refractivity contribution in [2.24, 2.45) is 11.1 Å². The van der Waals surface area contributed by atoms with Crippen LogP contribution in [0.5, 0.6) is 5.75 Å². The number of nitrogens with zero attached hydrogens (tertiary/aromatic N) is 1. The molecule has 0 aliphatic carbocycles. The first-order valence-corrected chi connectivity index (χ1v) is 12.9. The van der Waals surface area contributed by atoms with E-state index in [4.69, 9.17) is 39.9 Å². The highest BCUT2D eigenvalue weighted by Gasteiger charge is 2.38. The van der Waals surface area contributed by atoms with Gasteiger partial charge in [-0.3, -0.25) is 14.7 Å². The highest BCUT2D eigenvalue weighted by Crippen LogP contribution is 2.46. The molecule has 2 atom stereocenters. The number of amides is 1. The minimum Gasteiger partial charge on any atom is -0.507 e. The summed E-state index contributed by atoms with van der Waals surface area (Å²) in [4.78, 5) is 28.4. The number of hydrogen-bond donors (Lipinski definition) is 3. The van der Waals surface area contributed by atoms with Crippen molar-refractivity contribution in [3.63, 3.8) is 0 Å². The molecule has 0 bridgehead atoms. The summed E-state index contributed by atoms with van der Waals surface area (Å²) in [5, 5.41) is 15.8. The number of rotatable bonds is 6. The summed E-state index contributed by atoms with van der Waals surface area (Å²) in [6.07, 6.45) is 2.50. The van der Waals surface area contributed by atoms with Crippen molar-refractivity contribution in [1.29, 1.82) is 0 Å². The highest BCUT2D eigenvalue weighted by molar-refractivity contribution is 7.84. The second kappa shape index (κ2) is 10.5. The molecule has 2 aromatic rings. The molecular weight excluding hydrogens is 528 g/mol. The van der Waals surface area contributed by atoms with Crippen LogP contribution in [0.15, 0.2) is 23.1 Å². The van der Waals surface area contributed by atoms with E-state index < -0.39 is 33.0 Å². The third kappa shape index (κ3) is 5.60. The minimum atomic E-state index is -1.71. The quantitative estimate of drug-likeness (QED) is 0.454. The Morgan fingerprint density at radius 1 is 1.29 bits per heavy atom. The second-order valence-electron chi connectivity index (χ2n) is 8.98. The van der Waals surface area contributed by atoms with Gasteiger partial charge in [0, 0.05) is 30.9 Å². The Hall–Kier alpha value is -1.65. The van der Waals surface area contributed by atoms with Crippen LogP contribution in [-0.2, 0) is 11.0 Å². The molecule has 4 N–H and O–H groups in total. The van der Waals surface area contributed by atoms with E-state index in [9.17, 15) is 18.9 Å². The minimum absolute atomic E-state index is 0.00474. The van der Waals surface area contributed by atoms with Gasteiger partial charge in [0.05, 0.1) is 31.3 Å². The van der Waals surface area contributed by atoms with Crippen LogP contribution in [0.1, 0.15) is 54.9 Å². The Bertz CT molecular complexity index is 1180. The molecule has 12 heteroatoms. The van der Waals surface area contributed by atoms with Crippen molar-refractivity contribution < 1.29 is 18.5 Å². The van der Waals surface area contributed by atoms with E-state index in [0.717, 1.165) is 0 Å². The smallest absolute Gasteiger partial charge is 0.266 e. The molecule has 34 heavy (non-hydrogen) atoms. The van der Waals surface area contributed by atoms with E-state index in [0.29, 0.717) is 25.9 Å². The van der Waals surface area contributed by atoms with Crippen molar-refractivity contribution in [3.8, 4) is 5.75 Å². The molecule has 186 valence electrons. The van der Waals surface area contributed by atoms with Crippen LogP contribution >= 0.6 is 34.8 Å². The third-order valence-electron chi connectivity index (χ3n) is 6.31. The molecule has 1 fully saturated rings. The van der Waals surface area contributed by atoms with Crippen molar-refractivity contribution in [2.75, 3.05) is 13.1 Å². The monoisotopic (exact) mass is 551 g/mol. The number of H-pyrrole nitrogens is 1. The molecule has 1 aromatic carbocycles. The van der Waals surface area contributed by atoms with Crippen LogP contribution in [-0.4, -0.2) is 42.9 Å². The van der Waals surface area contributed by atoms with Crippen molar-refractivity contribution in [2.45, 2.75) is 43.8 Å². The SMILES string of the molecule is CC(C)(C[C@@H](c1c(O)cc(Cl)c(Cl)c1F)C1CCN(C(=O)c2c[nH]c(=O)c(Cl)c2)CC1)S(N)=O. The van der Waals surface area contributed by atoms with Gasteiger partial charge in [0.1, 0.15) is 16.6 Å². The average molecular weight is 553 g/mol. The number of pyridine rings is 1. The summed E-state index contributed by atoms with van der Waals surface area (Å²) >= 11 is 17.8. The number of phenols is 1. The maximum absolute atomic E-state index is 15.2. The Balaban J connectivity index is 1.88. The van der Waals surface area contributed by atoms with Gasteiger partial charge in [-0.25, -0.2) is 8.60 Å². The summed E-state index contributed by atoms with van der Waals surface area (Å²) in [6, 6.07) is 2.51. The van der Waals surface area contributed by atoms with Gasteiger partial charge in [-0.15, -0.1) is 0 Å². The summed E-state index contributed by atoms with van der Waals surface area (Å²) in [5.41, 5.74) is -0.222. The highest BCUT2D eigenvalue weighted by atomic mass is 35.5. The van der Waals surface area contributed by atoms with E-state index in [1.165, 1.54) is 18.3 Å². The molecule has 1 aliphatic rings. The lowest BCUT2D eigenvalue weighted by Gasteiger charge is -2.39. The van der Waals surface area contributed by atoms with E-state index in [-0.39, 0.29) is 50.2 Å². The zero-order valence-corrected chi connectivity index (χ0v) is 21.6. The number of carbonyl (C=O) groups excluding carboxylic acids is 1. The second-order valence-corrected chi connectivity index (χ2v) is 11.9. The molecule has 0 spiro atoms. The fourth-order valence-electron chi connectivity index (χ4n) is 4.33. The number of carbonyl (C=O) groups is 1. The normalized spacial score (nSPS) is 17.0. The van der Waals surface area contributed by atoms with Gasteiger partial charge in [-0.05, 0) is 51.0 Å². The lowest BCUT2D eigenvalue weighted by molar-refractivity contribution is 0.0671. The molecule has 1 saturated heterocycles. The van der Waals surface area contributed by atoms with Crippen LogP contribution in [0.3, 0.4) is 0 Å². The van der Waals surface area contributed by atoms with Gasteiger partial charge in [0.15, 0.2) is 0 Å². The van der Waals surface area contributed by atoms with Gasteiger partial charge in [0.25, 0.3) is 11.5 Å². The van der Waals surface area contributed by atoms with Gasteiger partial charge >= 0.3 is 0 Å². The third-order valence-corrected chi connectivity index (χ3v) is 8.61. The van der Waals surface area contributed by atoms with Crippen molar-refractivity contribution >= 4 is 51.7 Å². The van der Waals surface area contributed by atoms with Crippen molar-refractivity contribution in [1.82, 2.24) is 9.88 Å². The van der Waals surface area contributed by atoms with Gasteiger partial charge in [-0.2, -0.15) is 0 Å². The van der Waals surface area contributed by atoms with Gasteiger partial charge < -0.3 is 15.0 Å². The zero-order valence-electron chi connectivity index (χ0n) is 18.5. The maximum atomic E-state index is 15.2. The van der Waals surface area contributed by atoms with Crippen LogP contribution in [0.25, 0.3) is 0 Å². The molecule has 0 saturated carbocycles. The Morgan fingerprint density at radius 3 is 2.47 bits per heavy atom. The molecule has 1 aromatic heterocycles. The maximum Gasteiger partial charge on any atom is 0.266 e. The van der Waals surface area contributed by atoms with E-state index in [1.54, 1.807) is 18.7 Å². The van der Waals surface area contributed by atoms with Crippen LogP contribution in [0.4, 0.5) is 4.39 Å². The predicted octanol–water partition coefficient (Wildman–Crippen LogP) is 4.61. The number of likely N-dealkylation sites (tertiary alicyclic amines) is 1. The van der Waals surface area contributed by atoms with Crippen LogP contribution in [0, 0.1) is 11.7 Å². The molecule has 1 amide bonds. The first-order valence-electron chi connectivity index (χ1n) is 10.5. The first kappa shape index (κ1) is 26.9. The number of phenolic OH excluding ortho intramolecular Hbond substituents is 1. The molecule has 1 unspecified atom stereocenters. The number of aromatic nitrogens is 1. The summed E-state index contributed by atoms with van der Waals surface area (Å²) in [7, 11) is -1.71. The number of piperidine rings is 1. The molecule has 1 aliphatic heterocycles. The first-order chi connectivity index (χ1) is 15.8. The molecule has 2 heterocycles. The predicted molar refractivity (Wildman–Crippen MR) is 133 cm³/mol. The number of aromatic hydroxyl groups is 1. The fourth-order valence-corrected chi connectivity index (χ4v) is 5.19. The Labute approximate surface area is 214 Å². The summed E-state index contributed by atoms with van der Waals surface area (Å²) in [6.45, 7) is 4.13. The Kier molecular flexibility index (Phi) is 8.35. The largest absolute Gasteiger partial charge is 0.507 e. The van der Waals surface area contributed by atoms with Crippen LogP contribution in [0.2, 0.25) is 15.1 Å². The lowest BCUT2D eigenvalue weighted by Crippen LogP contribution is -2.42. The van der Waals surface area contributed by atoms with Crippen molar-refractivity contribution in [3.05, 3.63) is 60.7 Å². The standard InChI is InChI=1S/C22H25Cl3FN3O4S/c1-22(2,34(27)33)9-13(17-16(30)8-14(23)18(25)19(17)26)11-3-5-29(6-4-11)21(32)12-7-15(24)20(31)28-10-12/h7-8,10-11,13,30H,3-6,9,27H2,1-2H3,(H,28,31)/t13-,34?/m1/s1. The number of nitrogens with one attached hydrogen (secondary N) is 1. The Morgan fingerprint density at radius 2 is 1.91 bits per heavy atom. The fraction of sp³-hybridized carbons (Fsp3) is 0.455. The molecular formula is C22H25Cl3FN3O4S.